The number of carboxylic acid groups (broad SMARTS) is 1. The van der Waals surface area contributed by atoms with E-state index in [0.717, 1.165) is 6.42 Å². The Hall–Kier alpha value is -1.50. The van der Waals surface area contributed by atoms with Crippen LogP contribution in [-0.4, -0.2) is 42.8 Å². The first-order chi connectivity index (χ1) is 11.0. The Morgan fingerprint density at radius 2 is 2.22 bits per heavy atom. The Balaban J connectivity index is 1.90. The van der Waals surface area contributed by atoms with Gasteiger partial charge >= 0.3 is 5.97 Å². The predicted molar refractivity (Wildman–Crippen MR) is 85.1 cm³/mol. The molecule has 0 radical (unpaired) electrons. The topological polar surface area (TPSA) is 84.9 Å². The highest BCUT2D eigenvalue weighted by atomic mass is 35.5. The van der Waals surface area contributed by atoms with Crippen LogP contribution in [0.4, 0.5) is 0 Å². The number of nitrogens with one attached hydrogen (secondary N) is 1. The molecule has 23 heavy (non-hydrogen) atoms. The third kappa shape index (κ3) is 5.27. The van der Waals surface area contributed by atoms with E-state index in [1.165, 1.54) is 6.07 Å². The van der Waals surface area contributed by atoms with Crippen LogP contribution >= 0.6 is 23.2 Å². The second kappa shape index (κ2) is 8.38. The SMILES string of the molecule is O=C(COc1ccc(Cl)cc1Cl)NC(C(=O)O)C1CCCOC1. The molecule has 1 aromatic rings. The molecule has 0 aromatic heterocycles. The molecule has 126 valence electrons. The quantitative estimate of drug-likeness (QED) is 0.812. The monoisotopic (exact) mass is 361 g/mol. The van der Waals surface area contributed by atoms with Crippen LogP contribution in [0.3, 0.4) is 0 Å². The summed E-state index contributed by atoms with van der Waals surface area (Å²) < 4.78 is 10.6. The molecule has 1 amide bonds. The van der Waals surface area contributed by atoms with Crippen LogP contribution in [0.1, 0.15) is 12.8 Å². The molecule has 2 N–H and O–H groups in total. The third-order valence-electron chi connectivity index (χ3n) is 3.50. The van der Waals surface area contributed by atoms with E-state index in [1.54, 1.807) is 12.1 Å². The number of hydrogen-bond donors (Lipinski definition) is 2. The van der Waals surface area contributed by atoms with Gasteiger partial charge in [-0.2, -0.15) is 0 Å². The molecule has 1 aliphatic heterocycles. The maximum atomic E-state index is 11.9. The number of carboxylic acids is 1. The molecule has 0 bridgehead atoms. The minimum Gasteiger partial charge on any atom is -0.482 e. The van der Waals surface area contributed by atoms with E-state index in [9.17, 15) is 14.7 Å². The van der Waals surface area contributed by atoms with Crippen LogP contribution in [0.15, 0.2) is 18.2 Å². The number of carbonyl (C=O) groups is 2. The lowest BCUT2D eigenvalue weighted by Crippen LogP contribution is -2.49. The van der Waals surface area contributed by atoms with Crippen molar-refractivity contribution < 1.29 is 24.2 Å². The molecule has 0 spiro atoms. The van der Waals surface area contributed by atoms with Crippen molar-refractivity contribution in [3.05, 3.63) is 28.2 Å². The van der Waals surface area contributed by atoms with Crippen molar-refractivity contribution in [3.63, 3.8) is 0 Å². The number of carbonyl (C=O) groups excluding carboxylic acids is 1. The van der Waals surface area contributed by atoms with Gasteiger partial charge in [-0.25, -0.2) is 4.79 Å². The fraction of sp³-hybridized carbons (Fsp3) is 0.467. The van der Waals surface area contributed by atoms with Gasteiger partial charge in [0.1, 0.15) is 11.8 Å². The maximum absolute atomic E-state index is 11.9. The molecule has 1 aliphatic rings. The summed E-state index contributed by atoms with van der Waals surface area (Å²) in [4.78, 5) is 23.3. The highest BCUT2D eigenvalue weighted by molar-refractivity contribution is 6.35. The Bertz CT molecular complexity index is 575. The minimum absolute atomic E-state index is 0.246. The molecule has 8 heteroatoms. The third-order valence-corrected chi connectivity index (χ3v) is 4.03. The van der Waals surface area contributed by atoms with Crippen molar-refractivity contribution >= 4 is 35.1 Å². The number of amides is 1. The van der Waals surface area contributed by atoms with Crippen LogP contribution in [0.5, 0.6) is 5.75 Å². The normalized spacial score (nSPS) is 19.0. The van der Waals surface area contributed by atoms with Crippen molar-refractivity contribution in [2.45, 2.75) is 18.9 Å². The summed E-state index contributed by atoms with van der Waals surface area (Å²) >= 11 is 11.7. The zero-order valence-electron chi connectivity index (χ0n) is 12.3. The van der Waals surface area contributed by atoms with Crippen LogP contribution in [0, 0.1) is 5.92 Å². The molecule has 2 rings (SSSR count). The molecule has 2 atom stereocenters. The molecule has 2 unspecified atom stereocenters. The minimum atomic E-state index is -1.08. The molecule has 1 fully saturated rings. The zero-order valence-corrected chi connectivity index (χ0v) is 13.8. The standard InChI is InChI=1S/C15H17Cl2NO5/c16-10-3-4-12(11(17)6-10)23-8-13(19)18-14(15(20)21)9-2-1-5-22-7-9/h3-4,6,9,14H,1-2,5,7-8H2,(H,18,19)(H,20,21). The molecular weight excluding hydrogens is 345 g/mol. The highest BCUT2D eigenvalue weighted by Gasteiger charge is 2.31. The van der Waals surface area contributed by atoms with E-state index < -0.39 is 17.9 Å². The number of benzene rings is 1. The lowest BCUT2D eigenvalue weighted by Gasteiger charge is -2.28. The summed E-state index contributed by atoms with van der Waals surface area (Å²) in [6.45, 7) is 0.606. The van der Waals surface area contributed by atoms with Crippen molar-refractivity contribution in [1.29, 1.82) is 0 Å². The van der Waals surface area contributed by atoms with Gasteiger partial charge in [-0.05, 0) is 31.0 Å². The number of rotatable bonds is 6. The average Bonchev–Trinajstić information content (AvgIpc) is 2.52. The molecule has 1 heterocycles. The van der Waals surface area contributed by atoms with Crippen molar-refractivity contribution in [2.24, 2.45) is 5.92 Å². The molecule has 1 saturated heterocycles. The van der Waals surface area contributed by atoms with Gasteiger partial charge in [-0.3, -0.25) is 4.79 Å². The number of halogens is 2. The van der Waals surface area contributed by atoms with Gasteiger partial charge in [0.25, 0.3) is 5.91 Å². The first kappa shape index (κ1) is 17.8. The summed E-state index contributed by atoms with van der Waals surface area (Å²) in [5.41, 5.74) is 0. The number of ether oxygens (including phenoxy) is 2. The highest BCUT2D eigenvalue weighted by Crippen LogP contribution is 2.27. The molecular formula is C15H17Cl2NO5. The summed E-state index contributed by atoms with van der Waals surface area (Å²) in [7, 11) is 0. The zero-order chi connectivity index (χ0) is 16.8. The van der Waals surface area contributed by atoms with Gasteiger partial charge in [0.05, 0.1) is 11.6 Å². The summed E-state index contributed by atoms with van der Waals surface area (Å²) in [5.74, 6) is -1.56. The maximum Gasteiger partial charge on any atom is 0.326 e. The fourth-order valence-electron chi connectivity index (χ4n) is 2.36. The van der Waals surface area contributed by atoms with Gasteiger partial charge in [0.15, 0.2) is 6.61 Å². The smallest absolute Gasteiger partial charge is 0.326 e. The Morgan fingerprint density at radius 1 is 1.43 bits per heavy atom. The van der Waals surface area contributed by atoms with E-state index in [2.05, 4.69) is 5.32 Å². The van der Waals surface area contributed by atoms with Crippen LogP contribution in [0.2, 0.25) is 10.0 Å². The number of hydrogen-bond acceptors (Lipinski definition) is 4. The van der Waals surface area contributed by atoms with Gasteiger partial charge in [0.2, 0.25) is 0 Å². The first-order valence-corrected chi connectivity index (χ1v) is 7.90. The van der Waals surface area contributed by atoms with Gasteiger partial charge in [0, 0.05) is 17.5 Å². The van der Waals surface area contributed by atoms with Crippen molar-refractivity contribution in [2.75, 3.05) is 19.8 Å². The molecule has 1 aromatic carbocycles. The van der Waals surface area contributed by atoms with E-state index in [1.807, 2.05) is 0 Å². The lowest BCUT2D eigenvalue weighted by atomic mass is 9.94. The van der Waals surface area contributed by atoms with Gasteiger partial charge in [-0.1, -0.05) is 23.2 Å². The van der Waals surface area contributed by atoms with Crippen molar-refractivity contribution in [1.82, 2.24) is 5.32 Å². The Morgan fingerprint density at radius 3 is 2.83 bits per heavy atom. The summed E-state index contributed by atoms with van der Waals surface area (Å²) in [6.07, 6.45) is 1.47. The lowest BCUT2D eigenvalue weighted by molar-refractivity contribution is -0.145. The van der Waals surface area contributed by atoms with E-state index in [0.29, 0.717) is 30.4 Å². The Labute approximate surface area is 143 Å². The van der Waals surface area contributed by atoms with Crippen LogP contribution < -0.4 is 10.1 Å². The molecule has 6 nitrogen and oxygen atoms in total. The average molecular weight is 362 g/mol. The largest absolute Gasteiger partial charge is 0.482 e. The van der Waals surface area contributed by atoms with E-state index in [4.69, 9.17) is 32.7 Å². The summed E-state index contributed by atoms with van der Waals surface area (Å²) in [6, 6.07) is 3.63. The second-order valence-corrected chi connectivity index (χ2v) is 6.07. The Kier molecular flexibility index (Phi) is 6.50. The van der Waals surface area contributed by atoms with Crippen molar-refractivity contribution in [3.8, 4) is 5.75 Å². The predicted octanol–water partition coefficient (Wildman–Crippen LogP) is 2.37. The molecule has 0 saturated carbocycles. The summed E-state index contributed by atoms with van der Waals surface area (Å²) in [5, 5.41) is 12.5. The second-order valence-electron chi connectivity index (χ2n) is 5.22. The first-order valence-electron chi connectivity index (χ1n) is 7.15. The van der Waals surface area contributed by atoms with Gasteiger partial charge < -0.3 is 19.9 Å². The van der Waals surface area contributed by atoms with Crippen LogP contribution in [0.25, 0.3) is 0 Å². The van der Waals surface area contributed by atoms with Gasteiger partial charge in [-0.15, -0.1) is 0 Å². The van der Waals surface area contributed by atoms with E-state index >= 15 is 0 Å². The molecule has 0 aliphatic carbocycles. The fourth-order valence-corrected chi connectivity index (χ4v) is 2.82. The van der Waals surface area contributed by atoms with E-state index in [-0.39, 0.29) is 17.5 Å². The van der Waals surface area contributed by atoms with Crippen LogP contribution in [-0.2, 0) is 14.3 Å². The number of aliphatic carboxylic acids is 1.